The Kier molecular flexibility index (Phi) is 10.6. The number of benzene rings is 1. The first-order chi connectivity index (χ1) is 15.9. The van der Waals surface area contributed by atoms with Gasteiger partial charge in [-0.2, -0.15) is 0 Å². The van der Waals surface area contributed by atoms with Crippen LogP contribution in [0.2, 0.25) is 6.43 Å². The van der Waals surface area contributed by atoms with Crippen LogP contribution in [0.5, 0.6) is 5.75 Å². The highest BCUT2D eigenvalue weighted by atomic mass is 35.5. The molecule has 184 valence electrons. The van der Waals surface area contributed by atoms with E-state index in [2.05, 4.69) is 16.0 Å². The quantitative estimate of drug-likeness (QED) is 0.270. The largest absolute Gasteiger partial charge is 0.495 e. The second-order valence-electron chi connectivity index (χ2n) is 8.10. The molecule has 0 unspecified atom stereocenters. The number of amides is 3. The van der Waals surface area contributed by atoms with E-state index in [1.165, 1.54) is 32.2 Å². The molecule has 0 aliphatic carbocycles. The van der Waals surface area contributed by atoms with Crippen LogP contribution in [0, 0.1) is 5.92 Å². The Hall–Kier alpha value is -2.69. The van der Waals surface area contributed by atoms with Crippen molar-refractivity contribution in [2.45, 2.75) is 57.8 Å². The van der Waals surface area contributed by atoms with Gasteiger partial charge in [0.2, 0.25) is 17.7 Å². The third-order valence-electron chi connectivity index (χ3n) is 4.98. The Labute approximate surface area is 200 Å². The van der Waals surface area contributed by atoms with Gasteiger partial charge >= 0.3 is 0 Å². The van der Waals surface area contributed by atoms with Crippen molar-refractivity contribution in [1.29, 1.82) is 0 Å². The summed E-state index contributed by atoms with van der Waals surface area (Å²) in [6.07, 6.45) is -1.54. The Balaban J connectivity index is 3.27. The predicted molar refractivity (Wildman–Crippen MR) is 124 cm³/mol. The van der Waals surface area contributed by atoms with Gasteiger partial charge in [0.1, 0.15) is 17.9 Å². The monoisotopic (exact) mass is 486 g/mol. The first kappa shape index (κ1) is 26.6. The Morgan fingerprint density at radius 3 is 2.33 bits per heavy atom. The van der Waals surface area contributed by atoms with Gasteiger partial charge in [-0.1, -0.05) is 31.5 Å². The van der Waals surface area contributed by atoms with Crippen LogP contribution in [-0.2, 0) is 19.2 Å². The molecule has 4 atom stereocenters. The number of aliphatic hydroxyl groups excluding tert-OH is 1. The van der Waals surface area contributed by atoms with Crippen molar-refractivity contribution < 1.29 is 30.4 Å². The molecular formula is C22H33ClN4O6. The fourth-order valence-corrected chi connectivity index (χ4v) is 3.44. The average Bonchev–Trinajstić information content (AvgIpc) is 2.79. The molecule has 0 aromatic heterocycles. The third-order valence-corrected chi connectivity index (χ3v) is 5.28. The molecule has 6 N–H and O–H groups in total. The lowest BCUT2D eigenvalue weighted by molar-refractivity contribution is -0.135. The number of hydrogen-bond acceptors (Lipinski definition) is 7. The van der Waals surface area contributed by atoms with Gasteiger partial charge in [0.25, 0.3) is 0 Å². The van der Waals surface area contributed by atoms with Crippen LogP contribution in [-0.4, -0.2) is 60.9 Å². The van der Waals surface area contributed by atoms with Gasteiger partial charge in [-0.15, -0.1) is 0 Å². The molecule has 0 saturated heterocycles. The second kappa shape index (κ2) is 13.1. The second-order valence-corrected chi connectivity index (χ2v) is 8.50. The highest BCUT2D eigenvalue weighted by Gasteiger charge is 2.34. The third kappa shape index (κ3) is 8.64. The first-order valence-electron chi connectivity index (χ1n) is 11.0. The smallest absolute Gasteiger partial charge is 0.246 e. The number of carbonyl (C=O) groups is 4. The van der Waals surface area contributed by atoms with Gasteiger partial charge in [0.15, 0.2) is 7.20 Å². The van der Waals surface area contributed by atoms with Crippen LogP contribution in [0.3, 0.4) is 0 Å². The van der Waals surface area contributed by atoms with Gasteiger partial charge in [-0.25, -0.2) is 0 Å². The van der Waals surface area contributed by atoms with Crippen molar-refractivity contribution in [3.05, 3.63) is 28.8 Å². The molecule has 1 aromatic rings. The zero-order chi connectivity index (χ0) is 26.0. The maximum absolute atomic E-state index is 13.1. The zero-order valence-electron chi connectivity index (χ0n) is 20.4. The van der Waals surface area contributed by atoms with Gasteiger partial charge in [-0.05, 0) is 44.0 Å². The van der Waals surface area contributed by atoms with E-state index in [1.807, 2.05) is 13.8 Å². The summed E-state index contributed by atoms with van der Waals surface area (Å²) in [6, 6.07) is 0.989. The van der Waals surface area contributed by atoms with Crippen molar-refractivity contribution in [1.82, 2.24) is 16.0 Å². The van der Waals surface area contributed by atoms with E-state index in [0.717, 1.165) is 0 Å². The van der Waals surface area contributed by atoms with E-state index >= 15 is 0 Å². The first-order valence-corrected chi connectivity index (χ1v) is 10.8. The van der Waals surface area contributed by atoms with Crippen LogP contribution in [0.1, 0.15) is 45.3 Å². The average molecular weight is 487 g/mol. The normalized spacial score (nSPS) is 15.0. The molecule has 0 saturated carbocycles. The molecule has 10 nitrogen and oxygen atoms in total. The number of hydrogen-bond donors (Lipinski definition) is 5. The van der Waals surface area contributed by atoms with Crippen LogP contribution < -0.4 is 26.4 Å². The van der Waals surface area contributed by atoms with Gasteiger partial charge in [0.05, 0.1) is 30.6 Å². The number of halogens is 1. The van der Waals surface area contributed by atoms with Crippen molar-refractivity contribution in [3.63, 3.8) is 0 Å². The number of likely N-dealkylation sites (N-methyl/N-ethyl adjacent to an activating group) is 1. The van der Waals surface area contributed by atoms with Crippen LogP contribution >= 0.6 is 11.6 Å². The van der Waals surface area contributed by atoms with Crippen molar-refractivity contribution in [2.24, 2.45) is 11.6 Å². The SMILES string of the molecule is [3H]NC(=O)C[C@H](NC(=O)[C@H](NC(=O)[C@@H](CC(C)C)NC)[C@H](O)c1ccc(OC)c(Cl)c1)C(C)=O. The van der Waals surface area contributed by atoms with E-state index in [9.17, 15) is 24.3 Å². The molecule has 1 rings (SSSR count). The number of rotatable bonds is 13. The summed E-state index contributed by atoms with van der Waals surface area (Å²) >= 11 is 6.15. The molecule has 0 fully saturated rings. The highest BCUT2D eigenvalue weighted by molar-refractivity contribution is 6.32. The summed E-state index contributed by atoms with van der Waals surface area (Å²) in [7, 11) is 3.03. The Morgan fingerprint density at radius 2 is 1.85 bits per heavy atom. The maximum atomic E-state index is 13.1. The molecule has 33 heavy (non-hydrogen) atoms. The molecule has 0 radical (unpaired) electrons. The molecule has 0 heterocycles. The van der Waals surface area contributed by atoms with Crippen LogP contribution in [0.15, 0.2) is 18.2 Å². The number of nitrogens with two attached hydrogens (primary N) is 1. The molecule has 11 heteroatoms. The molecule has 0 aliphatic heterocycles. The van der Waals surface area contributed by atoms with Crippen LogP contribution in [0.4, 0.5) is 0 Å². The molecule has 1 aromatic carbocycles. The summed E-state index contributed by atoms with van der Waals surface area (Å²) in [5.74, 6) is -2.20. The maximum Gasteiger partial charge on any atom is 0.246 e. The van der Waals surface area contributed by atoms with Crippen LogP contribution in [0.25, 0.3) is 0 Å². The molecule has 0 bridgehead atoms. The van der Waals surface area contributed by atoms with E-state index in [-0.39, 0.29) is 16.5 Å². The number of methoxy groups -OCH3 is 1. The zero-order valence-corrected chi connectivity index (χ0v) is 20.2. The number of aliphatic hydroxyl groups is 1. The fraction of sp³-hybridized carbons (Fsp3) is 0.545. The van der Waals surface area contributed by atoms with Crippen molar-refractivity contribution in [2.75, 3.05) is 14.2 Å². The summed E-state index contributed by atoms with van der Waals surface area (Å²) in [5, 5.41) is 19.0. The molecule has 0 spiro atoms. The summed E-state index contributed by atoms with van der Waals surface area (Å²) in [5.41, 5.74) is 1.87. The van der Waals surface area contributed by atoms with E-state index < -0.39 is 54.2 Å². The topological polar surface area (TPSA) is 160 Å². The van der Waals surface area contributed by atoms with Crippen molar-refractivity contribution in [3.8, 4) is 5.75 Å². The minimum atomic E-state index is -1.54. The number of nitrogens with one attached hydrogen (secondary N) is 3. The number of carbonyl (C=O) groups excluding carboxylic acids is 4. The standard InChI is InChI=1S/C22H33ClN4O6/c1-11(2)8-16(25-4)21(31)27-19(22(32)26-15(12(3)28)10-18(24)29)20(30)13-6-7-17(33-5)14(23)9-13/h6-7,9,11,15-16,19-20,25,30H,8,10H2,1-5H3,(H2,24,29)(H,26,32)(H,27,31)/t15-,16+,19+,20+/m0/s1/i/hT. The van der Waals surface area contributed by atoms with Gasteiger partial charge < -0.3 is 31.5 Å². The minimum Gasteiger partial charge on any atom is -0.495 e. The lowest BCUT2D eigenvalue weighted by atomic mass is 9.98. The van der Waals surface area contributed by atoms with Crippen molar-refractivity contribution >= 4 is 35.1 Å². The van der Waals surface area contributed by atoms with E-state index in [1.54, 1.807) is 12.8 Å². The van der Waals surface area contributed by atoms with Gasteiger partial charge in [0, 0.05) is 0 Å². The minimum absolute atomic E-state index is 0.172. The number of ketones is 1. The summed E-state index contributed by atoms with van der Waals surface area (Å²) in [6.45, 7) is 5.05. The lowest BCUT2D eigenvalue weighted by Gasteiger charge is -2.28. The Morgan fingerprint density at radius 1 is 1.18 bits per heavy atom. The Bertz CT molecular complexity index is 885. The number of Topliss-reactive ketones (excluding diaryl/α,β-unsaturated/α-hetero) is 1. The lowest BCUT2D eigenvalue weighted by Crippen LogP contribution is -2.57. The fourth-order valence-electron chi connectivity index (χ4n) is 3.17. The molecular weight excluding hydrogens is 452 g/mol. The summed E-state index contributed by atoms with van der Waals surface area (Å²) < 4.78 is 12.0. The molecule has 0 aliphatic rings. The summed E-state index contributed by atoms with van der Waals surface area (Å²) in [4.78, 5) is 49.6. The van der Waals surface area contributed by atoms with E-state index in [0.29, 0.717) is 12.2 Å². The molecule has 3 amide bonds. The van der Waals surface area contributed by atoms with E-state index in [4.69, 9.17) is 17.7 Å². The predicted octanol–water partition coefficient (Wildman–Crippen LogP) is 0.450. The van der Waals surface area contributed by atoms with Gasteiger partial charge in [-0.3, -0.25) is 19.2 Å². The number of ether oxygens (including phenoxy) is 1. The highest BCUT2D eigenvalue weighted by Crippen LogP contribution is 2.29. The number of primary amides is 1.